The van der Waals surface area contributed by atoms with Crippen LogP contribution in [0.2, 0.25) is 0 Å². The summed E-state index contributed by atoms with van der Waals surface area (Å²) in [6.45, 7) is 6.44. The highest BCUT2D eigenvalue weighted by Gasteiger charge is 2.15. The van der Waals surface area contributed by atoms with Crippen molar-refractivity contribution in [3.8, 4) is 0 Å². The first kappa shape index (κ1) is 14.9. The maximum absolute atomic E-state index is 11.9. The van der Waals surface area contributed by atoms with Crippen LogP contribution in [0.25, 0.3) is 0 Å². The molecule has 4 heteroatoms. The Labute approximate surface area is 121 Å². The fraction of sp³-hybridized carbons (Fsp3) is 0.562. The lowest BCUT2D eigenvalue weighted by atomic mass is 10.1. The molecule has 0 aliphatic carbocycles. The summed E-state index contributed by atoms with van der Waals surface area (Å²) in [6, 6.07) is 7.50. The monoisotopic (exact) mass is 275 g/mol. The van der Waals surface area contributed by atoms with Crippen LogP contribution >= 0.6 is 0 Å². The van der Waals surface area contributed by atoms with Gasteiger partial charge in [-0.1, -0.05) is 19.1 Å². The first-order chi connectivity index (χ1) is 9.63. The van der Waals surface area contributed by atoms with Gasteiger partial charge in [-0.05, 0) is 49.5 Å². The molecule has 1 saturated heterocycles. The number of hydrogen-bond acceptors (Lipinski definition) is 3. The minimum absolute atomic E-state index is 0.0730. The molecule has 1 fully saturated rings. The molecular formula is C16H25N3O. The molecule has 0 saturated carbocycles. The number of amides is 1. The number of carbonyl (C=O) groups excluding carboxylic acids is 1. The third kappa shape index (κ3) is 4.85. The molecule has 1 aliphatic rings. The van der Waals surface area contributed by atoms with Crippen molar-refractivity contribution in [3.05, 3.63) is 29.8 Å². The second-order valence-electron chi connectivity index (χ2n) is 5.84. The van der Waals surface area contributed by atoms with Crippen LogP contribution in [0.5, 0.6) is 0 Å². The van der Waals surface area contributed by atoms with Crippen LogP contribution in [-0.4, -0.2) is 37.0 Å². The Morgan fingerprint density at radius 2 is 2.15 bits per heavy atom. The van der Waals surface area contributed by atoms with E-state index in [4.69, 9.17) is 5.73 Å². The van der Waals surface area contributed by atoms with Crippen LogP contribution in [-0.2, 0) is 11.2 Å². The van der Waals surface area contributed by atoms with Crippen LogP contribution < -0.4 is 11.1 Å². The number of rotatable bonds is 6. The Bertz CT molecular complexity index is 441. The quantitative estimate of drug-likeness (QED) is 0.776. The molecule has 1 unspecified atom stereocenters. The van der Waals surface area contributed by atoms with Crippen LogP contribution in [0.4, 0.5) is 5.69 Å². The molecule has 1 atom stereocenters. The lowest BCUT2D eigenvalue weighted by molar-refractivity contribution is -0.120. The number of hydrogen-bond donors (Lipinski definition) is 2. The third-order valence-electron chi connectivity index (χ3n) is 3.73. The van der Waals surface area contributed by atoms with Crippen molar-refractivity contribution in [2.24, 2.45) is 5.92 Å². The van der Waals surface area contributed by atoms with Crippen molar-refractivity contribution >= 4 is 11.6 Å². The van der Waals surface area contributed by atoms with E-state index < -0.39 is 0 Å². The highest BCUT2D eigenvalue weighted by Crippen LogP contribution is 2.10. The highest BCUT2D eigenvalue weighted by molar-refractivity contribution is 5.78. The van der Waals surface area contributed by atoms with E-state index >= 15 is 0 Å². The van der Waals surface area contributed by atoms with E-state index in [1.165, 1.54) is 25.9 Å². The Kier molecular flexibility index (Phi) is 5.41. The summed E-state index contributed by atoms with van der Waals surface area (Å²) in [6.07, 6.45) is 3.03. The van der Waals surface area contributed by atoms with Crippen molar-refractivity contribution < 1.29 is 4.79 Å². The number of nitrogen functional groups attached to an aromatic ring is 1. The zero-order valence-electron chi connectivity index (χ0n) is 12.3. The third-order valence-corrected chi connectivity index (χ3v) is 3.73. The molecule has 1 aromatic carbocycles. The Balaban J connectivity index is 1.69. The Hall–Kier alpha value is -1.55. The van der Waals surface area contributed by atoms with E-state index in [2.05, 4.69) is 17.1 Å². The molecule has 110 valence electrons. The second-order valence-corrected chi connectivity index (χ2v) is 5.84. The zero-order valence-corrected chi connectivity index (χ0v) is 12.3. The molecule has 0 bridgehead atoms. The average molecular weight is 275 g/mol. The number of likely N-dealkylation sites (tertiary alicyclic amines) is 1. The maximum Gasteiger partial charge on any atom is 0.224 e. The lowest BCUT2D eigenvalue weighted by Crippen LogP contribution is -2.35. The van der Waals surface area contributed by atoms with Crippen LogP contribution in [0.15, 0.2) is 24.3 Å². The smallest absolute Gasteiger partial charge is 0.224 e. The van der Waals surface area contributed by atoms with E-state index in [0.717, 1.165) is 18.7 Å². The molecule has 0 aromatic heterocycles. The summed E-state index contributed by atoms with van der Waals surface area (Å²) in [5, 5.41) is 3.02. The van der Waals surface area contributed by atoms with Gasteiger partial charge in [0, 0.05) is 18.8 Å². The van der Waals surface area contributed by atoms with Gasteiger partial charge < -0.3 is 16.0 Å². The van der Waals surface area contributed by atoms with Gasteiger partial charge in [0.05, 0.1) is 6.42 Å². The topological polar surface area (TPSA) is 58.4 Å². The largest absolute Gasteiger partial charge is 0.399 e. The van der Waals surface area contributed by atoms with Crippen molar-refractivity contribution in [2.45, 2.75) is 26.2 Å². The number of benzene rings is 1. The van der Waals surface area contributed by atoms with Crippen LogP contribution in [0.3, 0.4) is 0 Å². The van der Waals surface area contributed by atoms with Gasteiger partial charge in [0.2, 0.25) is 5.91 Å². The maximum atomic E-state index is 11.9. The fourth-order valence-electron chi connectivity index (χ4n) is 2.71. The van der Waals surface area contributed by atoms with Crippen molar-refractivity contribution in [3.63, 3.8) is 0 Å². The number of nitrogens with one attached hydrogen (secondary N) is 1. The van der Waals surface area contributed by atoms with E-state index in [1.54, 1.807) is 0 Å². The molecule has 0 spiro atoms. The summed E-state index contributed by atoms with van der Waals surface area (Å²) in [5.74, 6) is 0.571. The number of carbonyl (C=O) groups is 1. The van der Waals surface area contributed by atoms with Gasteiger partial charge in [-0.15, -0.1) is 0 Å². The predicted octanol–water partition coefficient (Wildman–Crippen LogP) is 1.66. The molecular weight excluding hydrogens is 250 g/mol. The second kappa shape index (κ2) is 7.29. The normalized spacial score (nSPS) is 17.1. The summed E-state index contributed by atoms with van der Waals surface area (Å²) < 4.78 is 0. The lowest BCUT2D eigenvalue weighted by Gasteiger charge is -2.20. The Morgan fingerprint density at radius 3 is 2.85 bits per heavy atom. The number of nitrogens with zero attached hydrogens (tertiary/aromatic N) is 1. The molecule has 1 aliphatic heterocycles. The average Bonchev–Trinajstić information content (AvgIpc) is 2.89. The predicted molar refractivity (Wildman–Crippen MR) is 82.4 cm³/mol. The van der Waals surface area contributed by atoms with Crippen molar-refractivity contribution in [1.82, 2.24) is 10.2 Å². The fourth-order valence-corrected chi connectivity index (χ4v) is 2.71. The minimum Gasteiger partial charge on any atom is -0.399 e. The molecule has 3 N–H and O–H groups in total. The first-order valence-corrected chi connectivity index (χ1v) is 7.47. The van der Waals surface area contributed by atoms with Gasteiger partial charge in [0.25, 0.3) is 0 Å². The van der Waals surface area contributed by atoms with E-state index in [-0.39, 0.29) is 5.91 Å². The summed E-state index contributed by atoms with van der Waals surface area (Å²) in [4.78, 5) is 14.4. The van der Waals surface area contributed by atoms with E-state index in [1.807, 2.05) is 24.3 Å². The van der Waals surface area contributed by atoms with Gasteiger partial charge in [0.15, 0.2) is 0 Å². The van der Waals surface area contributed by atoms with E-state index in [9.17, 15) is 4.79 Å². The van der Waals surface area contributed by atoms with Crippen LogP contribution in [0.1, 0.15) is 25.3 Å². The Morgan fingerprint density at radius 1 is 1.40 bits per heavy atom. The zero-order chi connectivity index (χ0) is 14.4. The molecule has 4 nitrogen and oxygen atoms in total. The summed E-state index contributed by atoms with van der Waals surface area (Å²) in [7, 11) is 0. The van der Waals surface area contributed by atoms with Gasteiger partial charge in [-0.2, -0.15) is 0 Å². The molecule has 1 aromatic rings. The molecule has 20 heavy (non-hydrogen) atoms. The van der Waals surface area contributed by atoms with Gasteiger partial charge in [0.1, 0.15) is 0 Å². The first-order valence-electron chi connectivity index (χ1n) is 7.47. The molecule has 1 heterocycles. The molecule has 0 radical (unpaired) electrons. The van der Waals surface area contributed by atoms with Gasteiger partial charge in [-0.3, -0.25) is 4.79 Å². The van der Waals surface area contributed by atoms with E-state index in [0.29, 0.717) is 18.0 Å². The summed E-state index contributed by atoms with van der Waals surface area (Å²) >= 11 is 0. The van der Waals surface area contributed by atoms with Crippen molar-refractivity contribution in [2.75, 3.05) is 31.9 Å². The SMILES string of the molecule is CC(CNC(=O)Cc1cccc(N)c1)CN1CCCC1. The highest BCUT2D eigenvalue weighted by atomic mass is 16.1. The molecule has 1 amide bonds. The summed E-state index contributed by atoms with van der Waals surface area (Å²) in [5.41, 5.74) is 7.38. The van der Waals surface area contributed by atoms with Crippen molar-refractivity contribution in [1.29, 1.82) is 0 Å². The number of anilines is 1. The van der Waals surface area contributed by atoms with Gasteiger partial charge >= 0.3 is 0 Å². The van der Waals surface area contributed by atoms with Crippen LogP contribution in [0, 0.1) is 5.92 Å². The minimum atomic E-state index is 0.0730. The van der Waals surface area contributed by atoms with Gasteiger partial charge in [-0.25, -0.2) is 0 Å². The standard InChI is InChI=1S/C16H25N3O/c1-13(12-19-7-2-3-8-19)11-18-16(20)10-14-5-4-6-15(17)9-14/h4-6,9,13H,2-3,7-8,10-12,17H2,1H3,(H,18,20). The number of nitrogens with two attached hydrogens (primary N) is 1. The molecule has 2 rings (SSSR count).